The Morgan fingerprint density at radius 2 is 1.72 bits per heavy atom. The van der Waals surface area contributed by atoms with Gasteiger partial charge in [-0.2, -0.15) is 4.98 Å². The fraction of sp³-hybridized carbons (Fsp3) is 0.222. The Labute approximate surface area is 147 Å². The van der Waals surface area contributed by atoms with E-state index in [2.05, 4.69) is 28.7 Å². The summed E-state index contributed by atoms with van der Waals surface area (Å²) in [4.78, 5) is 4.42. The van der Waals surface area contributed by atoms with Gasteiger partial charge in [0.2, 0.25) is 21.7 Å². The predicted octanol–water partition coefficient (Wildman–Crippen LogP) is 3.34. The van der Waals surface area contributed by atoms with Crippen LogP contribution in [0.3, 0.4) is 0 Å². The summed E-state index contributed by atoms with van der Waals surface area (Å²) in [7, 11) is -3.63. The summed E-state index contributed by atoms with van der Waals surface area (Å²) >= 11 is 0. The number of hydrogen-bond acceptors (Lipinski definition) is 5. The van der Waals surface area contributed by atoms with Gasteiger partial charge >= 0.3 is 0 Å². The highest BCUT2D eigenvalue weighted by Gasteiger charge is 2.16. The molecule has 0 atom stereocenters. The summed E-state index contributed by atoms with van der Waals surface area (Å²) < 4.78 is 32.3. The topological polar surface area (TPSA) is 85.1 Å². The first-order chi connectivity index (χ1) is 12.0. The van der Waals surface area contributed by atoms with Gasteiger partial charge in [-0.1, -0.05) is 61.5 Å². The fourth-order valence-corrected chi connectivity index (χ4v) is 3.28. The zero-order valence-electron chi connectivity index (χ0n) is 14.0. The van der Waals surface area contributed by atoms with E-state index >= 15 is 0 Å². The number of benzene rings is 2. The molecule has 0 bridgehead atoms. The molecule has 7 heteroatoms. The molecule has 130 valence electrons. The second kappa shape index (κ2) is 7.16. The standard InChI is InChI=1S/C18H19N3O3S/c1-13(2)14-8-10-16(11-9-14)25(22,23)19-12-17-20-18(21-24-17)15-6-4-3-5-7-15/h3-11,13,19H,12H2,1-2H3. The average Bonchev–Trinajstić information content (AvgIpc) is 3.10. The van der Waals surface area contributed by atoms with Crippen LogP contribution in [0.1, 0.15) is 31.2 Å². The second-order valence-corrected chi connectivity index (χ2v) is 7.69. The van der Waals surface area contributed by atoms with Crippen molar-refractivity contribution in [1.29, 1.82) is 0 Å². The molecule has 2 aromatic carbocycles. The second-order valence-electron chi connectivity index (χ2n) is 5.93. The molecule has 0 unspecified atom stereocenters. The molecule has 1 N–H and O–H groups in total. The van der Waals surface area contributed by atoms with E-state index in [0.717, 1.165) is 11.1 Å². The molecule has 0 amide bonds. The molecular formula is C18H19N3O3S. The summed E-state index contributed by atoms with van der Waals surface area (Å²) in [5.41, 5.74) is 1.90. The van der Waals surface area contributed by atoms with Gasteiger partial charge in [-0.05, 0) is 23.6 Å². The van der Waals surface area contributed by atoms with E-state index in [9.17, 15) is 8.42 Å². The van der Waals surface area contributed by atoms with Gasteiger partial charge in [0, 0.05) is 5.56 Å². The first-order valence-corrected chi connectivity index (χ1v) is 9.41. The van der Waals surface area contributed by atoms with Gasteiger partial charge in [0.15, 0.2) is 0 Å². The number of hydrogen-bond donors (Lipinski definition) is 1. The van der Waals surface area contributed by atoms with Crippen molar-refractivity contribution in [3.63, 3.8) is 0 Å². The molecule has 3 rings (SSSR count). The highest BCUT2D eigenvalue weighted by Crippen LogP contribution is 2.18. The SMILES string of the molecule is CC(C)c1ccc(S(=O)(=O)NCc2nc(-c3ccccc3)no2)cc1. The normalized spacial score (nSPS) is 11.8. The molecular weight excluding hydrogens is 338 g/mol. The minimum absolute atomic E-state index is 0.0614. The van der Waals surface area contributed by atoms with Crippen molar-refractivity contribution in [3.05, 3.63) is 66.1 Å². The van der Waals surface area contributed by atoms with E-state index in [-0.39, 0.29) is 17.3 Å². The Morgan fingerprint density at radius 3 is 2.36 bits per heavy atom. The monoisotopic (exact) mass is 357 g/mol. The number of nitrogens with one attached hydrogen (secondary N) is 1. The van der Waals surface area contributed by atoms with Gasteiger partial charge in [0.25, 0.3) is 0 Å². The lowest BCUT2D eigenvalue weighted by atomic mass is 10.0. The quantitative estimate of drug-likeness (QED) is 0.731. The summed E-state index contributed by atoms with van der Waals surface area (Å²) in [6.45, 7) is 4.05. The summed E-state index contributed by atoms with van der Waals surface area (Å²) in [6, 6.07) is 16.2. The minimum Gasteiger partial charge on any atom is -0.338 e. The van der Waals surface area contributed by atoms with Crippen molar-refractivity contribution in [2.45, 2.75) is 31.2 Å². The van der Waals surface area contributed by atoms with Crippen molar-refractivity contribution >= 4 is 10.0 Å². The predicted molar refractivity (Wildman–Crippen MR) is 94.3 cm³/mol. The van der Waals surface area contributed by atoms with Crippen LogP contribution in [0, 0.1) is 0 Å². The molecule has 0 saturated heterocycles. The van der Waals surface area contributed by atoms with E-state index in [0.29, 0.717) is 11.7 Å². The van der Waals surface area contributed by atoms with Gasteiger partial charge in [-0.15, -0.1) is 0 Å². The third-order valence-electron chi connectivity index (χ3n) is 3.77. The molecule has 0 spiro atoms. The molecule has 0 aliphatic rings. The molecule has 3 aromatic rings. The van der Waals surface area contributed by atoms with Crippen LogP contribution in [0.15, 0.2) is 64.0 Å². The fourth-order valence-electron chi connectivity index (χ4n) is 2.30. The maximum absolute atomic E-state index is 12.4. The zero-order valence-corrected chi connectivity index (χ0v) is 14.8. The highest BCUT2D eigenvalue weighted by atomic mass is 32.2. The van der Waals surface area contributed by atoms with E-state index in [4.69, 9.17) is 4.52 Å². The van der Waals surface area contributed by atoms with E-state index in [1.807, 2.05) is 42.5 Å². The van der Waals surface area contributed by atoms with Crippen LogP contribution in [0.2, 0.25) is 0 Å². The molecule has 0 fully saturated rings. The average molecular weight is 357 g/mol. The van der Waals surface area contributed by atoms with Gasteiger partial charge in [0.1, 0.15) is 0 Å². The first-order valence-electron chi connectivity index (χ1n) is 7.93. The van der Waals surface area contributed by atoms with Crippen LogP contribution in [0.5, 0.6) is 0 Å². The maximum atomic E-state index is 12.4. The zero-order chi connectivity index (χ0) is 17.9. The molecule has 0 aliphatic heterocycles. The molecule has 6 nitrogen and oxygen atoms in total. The van der Waals surface area contributed by atoms with Crippen molar-refractivity contribution in [1.82, 2.24) is 14.9 Å². The molecule has 25 heavy (non-hydrogen) atoms. The van der Waals surface area contributed by atoms with Crippen LogP contribution in [-0.2, 0) is 16.6 Å². The number of nitrogens with zero attached hydrogens (tertiary/aromatic N) is 2. The lowest BCUT2D eigenvalue weighted by Crippen LogP contribution is -2.23. The Balaban J connectivity index is 1.69. The van der Waals surface area contributed by atoms with E-state index < -0.39 is 10.0 Å². The highest BCUT2D eigenvalue weighted by molar-refractivity contribution is 7.89. The van der Waals surface area contributed by atoms with E-state index in [1.165, 1.54) is 0 Å². The van der Waals surface area contributed by atoms with Crippen molar-refractivity contribution in [3.8, 4) is 11.4 Å². The summed E-state index contributed by atoms with van der Waals surface area (Å²) in [6.07, 6.45) is 0. The molecule has 0 aliphatic carbocycles. The molecule has 1 heterocycles. The lowest BCUT2D eigenvalue weighted by Gasteiger charge is -2.08. The van der Waals surface area contributed by atoms with Gasteiger partial charge in [0.05, 0.1) is 11.4 Å². The van der Waals surface area contributed by atoms with Crippen LogP contribution >= 0.6 is 0 Å². The Bertz CT molecular complexity index is 933. The Hall–Kier alpha value is -2.51. The first kappa shape index (κ1) is 17.3. The van der Waals surface area contributed by atoms with Gasteiger partial charge in [-0.3, -0.25) is 0 Å². The third-order valence-corrected chi connectivity index (χ3v) is 5.19. The smallest absolute Gasteiger partial charge is 0.242 e. The largest absolute Gasteiger partial charge is 0.338 e. The van der Waals surface area contributed by atoms with Crippen molar-refractivity contribution in [2.75, 3.05) is 0 Å². The Morgan fingerprint density at radius 1 is 1.04 bits per heavy atom. The van der Waals surface area contributed by atoms with Crippen LogP contribution in [-0.4, -0.2) is 18.6 Å². The summed E-state index contributed by atoms with van der Waals surface area (Å²) in [5, 5.41) is 3.87. The van der Waals surface area contributed by atoms with Crippen molar-refractivity contribution < 1.29 is 12.9 Å². The third kappa shape index (κ3) is 4.12. The maximum Gasteiger partial charge on any atom is 0.242 e. The number of aromatic nitrogens is 2. The summed E-state index contributed by atoms with van der Waals surface area (Å²) in [5.74, 6) is 0.983. The molecule has 0 saturated carbocycles. The van der Waals surface area contributed by atoms with E-state index in [1.54, 1.807) is 12.1 Å². The van der Waals surface area contributed by atoms with Gasteiger partial charge in [-0.25, -0.2) is 13.1 Å². The van der Waals surface area contributed by atoms with Crippen LogP contribution < -0.4 is 4.72 Å². The molecule has 0 radical (unpaired) electrons. The number of rotatable bonds is 6. The molecule has 1 aromatic heterocycles. The minimum atomic E-state index is -3.63. The number of sulfonamides is 1. The van der Waals surface area contributed by atoms with Crippen LogP contribution in [0.4, 0.5) is 0 Å². The van der Waals surface area contributed by atoms with Gasteiger partial charge < -0.3 is 4.52 Å². The van der Waals surface area contributed by atoms with Crippen LogP contribution in [0.25, 0.3) is 11.4 Å². The Kier molecular flexibility index (Phi) is 4.96. The van der Waals surface area contributed by atoms with Crippen molar-refractivity contribution in [2.24, 2.45) is 0 Å². The lowest BCUT2D eigenvalue weighted by molar-refractivity contribution is 0.376.